The van der Waals surface area contributed by atoms with Crippen molar-refractivity contribution in [1.29, 1.82) is 0 Å². The second-order valence-electron chi connectivity index (χ2n) is 6.47. The predicted octanol–water partition coefficient (Wildman–Crippen LogP) is 0.561. The van der Waals surface area contributed by atoms with Crippen LogP contribution in [0.25, 0.3) is 0 Å². The highest BCUT2D eigenvalue weighted by molar-refractivity contribution is 5.89. The molecule has 0 aliphatic carbocycles. The van der Waals surface area contributed by atoms with Crippen molar-refractivity contribution in [3.63, 3.8) is 0 Å². The lowest BCUT2D eigenvalue weighted by molar-refractivity contribution is 0.0600. The zero-order valence-electron chi connectivity index (χ0n) is 15.2. The Morgan fingerprint density at radius 1 is 1.16 bits per heavy atom. The quantitative estimate of drug-likeness (QED) is 0.735. The van der Waals surface area contributed by atoms with E-state index in [1.807, 2.05) is 12.1 Å². The van der Waals surface area contributed by atoms with Gasteiger partial charge in [0.2, 0.25) is 0 Å². The van der Waals surface area contributed by atoms with Gasteiger partial charge in [0.25, 0.3) is 0 Å². The van der Waals surface area contributed by atoms with E-state index in [2.05, 4.69) is 39.3 Å². The predicted molar refractivity (Wildman–Crippen MR) is 96.8 cm³/mol. The number of rotatable bonds is 6. The standard InChI is InChI=1S/C18H28N4O3/c1-21-10-11-22(2)16(13-21)12-20-18(24)19-9-8-14-4-6-15(7-5-14)17(23)25-3/h4-7,16H,8-13H2,1-3H3,(H2,19,20,24)/t16-/m1/s1. The molecule has 1 fully saturated rings. The van der Waals surface area contributed by atoms with Gasteiger partial charge >= 0.3 is 12.0 Å². The third-order valence-corrected chi connectivity index (χ3v) is 4.55. The molecule has 2 amide bonds. The van der Waals surface area contributed by atoms with Crippen LogP contribution in [0, 0.1) is 0 Å². The van der Waals surface area contributed by atoms with Crippen molar-refractivity contribution >= 4 is 12.0 Å². The molecule has 1 atom stereocenters. The molecule has 2 N–H and O–H groups in total. The number of carbonyl (C=O) groups is 2. The molecule has 2 rings (SSSR count). The van der Waals surface area contributed by atoms with Crippen molar-refractivity contribution in [2.45, 2.75) is 12.5 Å². The Morgan fingerprint density at radius 3 is 2.56 bits per heavy atom. The first-order valence-corrected chi connectivity index (χ1v) is 8.57. The van der Waals surface area contributed by atoms with Crippen LogP contribution >= 0.6 is 0 Å². The van der Waals surface area contributed by atoms with Crippen molar-refractivity contribution < 1.29 is 14.3 Å². The number of piperazine rings is 1. The molecule has 0 aromatic heterocycles. The van der Waals surface area contributed by atoms with Crippen LogP contribution < -0.4 is 10.6 Å². The molecule has 0 bridgehead atoms. The van der Waals surface area contributed by atoms with E-state index >= 15 is 0 Å². The highest BCUT2D eigenvalue weighted by Crippen LogP contribution is 2.06. The molecule has 7 heteroatoms. The molecule has 1 heterocycles. The molecule has 1 aromatic carbocycles. The molecule has 0 spiro atoms. The number of likely N-dealkylation sites (N-methyl/N-ethyl adjacent to an activating group) is 2. The van der Waals surface area contributed by atoms with E-state index in [9.17, 15) is 9.59 Å². The first kappa shape index (κ1) is 19.2. The summed E-state index contributed by atoms with van der Waals surface area (Å²) in [6, 6.07) is 7.41. The number of nitrogens with one attached hydrogen (secondary N) is 2. The molecular formula is C18H28N4O3. The van der Waals surface area contributed by atoms with Gasteiger partial charge in [-0.2, -0.15) is 0 Å². The minimum absolute atomic E-state index is 0.146. The first-order valence-electron chi connectivity index (χ1n) is 8.57. The topological polar surface area (TPSA) is 73.9 Å². The van der Waals surface area contributed by atoms with Gasteiger partial charge in [-0.3, -0.25) is 4.90 Å². The van der Waals surface area contributed by atoms with Gasteiger partial charge in [-0.05, 0) is 38.2 Å². The zero-order chi connectivity index (χ0) is 18.2. The van der Waals surface area contributed by atoms with Crippen molar-refractivity contribution in [3.8, 4) is 0 Å². The number of carbonyl (C=O) groups excluding carboxylic acids is 2. The van der Waals surface area contributed by atoms with Crippen LogP contribution in [0.3, 0.4) is 0 Å². The van der Waals surface area contributed by atoms with E-state index in [1.54, 1.807) is 12.1 Å². The molecule has 1 aliphatic rings. The van der Waals surface area contributed by atoms with Crippen molar-refractivity contribution in [2.75, 3.05) is 53.9 Å². The molecular weight excluding hydrogens is 320 g/mol. The monoisotopic (exact) mass is 348 g/mol. The summed E-state index contributed by atoms with van der Waals surface area (Å²) in [6.07, 6.45) is 0.709. The number of benzene rings is 1. The van der Waals surface area contributed by atoms with Crippen LogP contribution in [0.1, 0.15) is 15.9 Å². The Labute approximate surface area is 149 Å². The Bertz CT molecular complexity index is 576. The van der Waals surface area contributed by atoms with Gasteiger partial charge < -0.3 is 20.3 Å². The van der Waals surface area contributed by atoms with E-state index in [-0.39, 0.29) is 12.0 Å². The molecule has 0 unspecified atom stereocenters. The molecule has 1 aliphatic heterocycles. The average Bonchev–Trinajstić information content (AvgIpc) is 2.62. The van der Waals surface area contributed by atoms with Gasteiger partial charge in [0.05, 0.1) is 12.7 Å². The number of hydrogen-bond acceptors (Lipinski definition) is 5. The number of hydrogen-bond donors (Lipinski definition) is 2. The molecule has 7 nitrogen and oxygen atoms in total. The minimum atomic E-state index is -0.345. The first-order chi connectivity index (χ1) is 12.0. The van der Waals surface area contributed by atoms with Gasteiger partial charge in [0.1, 0.15) is 0 Å². The van der Waals surface area contributed by atoms with E-state index in [4.69, 9.17) is 0 Å². The summed E-state index contributed by atoms with van der Waals surface area (Å²) in [5.74, 6) is -0.345. The van der Waals surface area contributed by atoms with Crippen LogP contribution in [0.2, 0.25) is 0 Å². The second kappa shape index (κ2) is 9.39. The summed E-state index contributed by atoms with van der Waals surface area (Å²) in [5.41, 5.74) is 1.58. The number of nitrogens with zero attached hydrogens (tertiary/aromatic N) is 2. The number of esters is 1. The lowest BCUT2D eigenvalue weighted by atomic mass is 10.1. The Hall–Kier alpha value is -2.12. The molecule has 138 valence electrons. The lowest BCUT2D eigenvalue weighted by Crippen LogP contribution is -2.55. The fraction of sp³-hybridized carbons (Fsp3) is 0.556. The van der Waals surface area contributed by atoms with Crippen LogP contribution in [-0.2, 0) is 11.2 Å². The molecule has 0 saturated carbocycles. The second-order valence-corrected chi connectivity index (χ2v) is 6.47. The van der Waals surface area contributed by atoms with Crippen molar-refractivity contribution in [1.82, 2.24) is 20.4 Å². The molecule has 1 saturated heterocycles. The van der Waals surface area contributed by atoms with E-state index in [0.29, 0.717) is 31.1 Å². The highest BCUT2D eigenvalue weighted by atomic mass is 16.5. The smallest absolute Gasteiger partial charge is 0.337 e. The maximum Gasteiger partial charge on any atom is 0.337 e. The summed E-state index contributed by atoms with van der Waals surface area (Å²) in [4.78, 5) is 27.9. The van der Waals surface area contributed by atoms with Gasteiger partial charge in [0, 0.05) is 38.8 Å². The maximum atomic E-state index is 11.9. The number of amides is 2. The Kier molecular flexibility index (Phi) is 7.21. The van der Waals surface area contributed by atoms with Gasteiger partial charge in [-0.15, -0.1) is 0 Å². The van der Waals surface area contributed by atoms with Crippen LogP contribution in [0.5, 0.6) is 0 Å². The lowest BCUT2D eigenvalue weighted by Gasteiger charge is -2.37. The third kappa shape index (κ3) is 6.03. The molecule has 0 radical (unpaired) electrons. The van der Waals surface area contributed by atoms with Gasteiger partial charge in [-0.25, -0.2) is 9.59 Å². The molecule has 1 aromatic rings. The SMILES string of the molecule is COC(=O)c1ccc(CCNC(=O)NC[C@@H]2CN(C)CCN2C)cc1. The van der Waals surface area contributed by atoms with Gasteiger partial charge in [0.15, 0.2) is 0 Å². The van der Waals surface area contributed by atoms with Crippen LogP contribution in [0.15, 0.2) is 24.3 Å². The van der Waals surface area contributed by atoms with Crippen LogP contribution in [0.4, 0.5) is 4.79 Å². The van der Waals surface area contributed by atoms with Crippen LogP contribution in [-0.4, -0.2) is 81.8 Å². The summed E-state index contributed by atoms with van der Waals surface area (Å²) < 4.78 is 4.67. The Balaban J connectivity index is 1.67. The van der Waals surface area contributed by atoms with E-state index in [0.717, 1.165) is 25.2 Å². The molecule has 25 heavy (non-hydrogen) atoms. The summed E-state index contributed by atoms with van der Waals surface area (Å²) in [7, 11) is 5.56. The van der Waals surface area contributed by atoms with E-state index < -0.39 is 0 Å². The maximum absolute atomic E-state index is 11.9. The Morgan fingerprint density at radius 2 is 1.88 bits per heavy atom. The average molecular weight is 348 g/mol. The zero-order valence-corrected chi connectivity index (χ0v) is 15.2. The largest absolute Gasteiger partial charge is 0.465 e. The summed E-state index contributed by atoms with van der Waals surface area (Å²) >= 11 is 0. The van der Waals surface area contributed by atoms with E-state index in [1.165, 1.54) is 7.11 Å². The highest BCUT2D eigenvalue weighted by Gasteiger charge is 2.22. The minimum Gasteiger partial charge on any atom is -0.465 e. The summed E-state index contributed by atoms with van der Waals surface area (Å²) in [6.45, 7) is 4.23. The number of ether oxygens (including phenoxy) is 1. The third-order valence-electron chi connectivity index (χ3n) is 4.55. The van der Waals surface area contributed by atoms with Crippen molar-refractivity contribution in [2.24, 2.45) is 0 Å². The number of methoxy groups -OCH3 is 1. The number of urea groups is 1. The van der Waals surface area contributed by atoms with Gasteiger partial charge in [-0.1, -0.05) is 12.1 Å². The normalized spacial score (nSPS) is 18.6. The summed E-state index contributed by atoms with van der Waals surface area (Å²) in [5, 5.41) is 5.81. The van der Waals surface area contributed by atoms with Crippen molar-refractivity contribution in [3.05, 3.63) is 35.4 Å². The fourth-order valence-electron chi connectivity index (χ4n) is 2.84. The fourth-order valence-corrected chi connectivity index (χ4v) is 2.84.